The molecule has 0 saturated heterocycles. The quantitative estimate of drug-likeness (QED) is 0.819. The van der Waals surface area contributed by atoms with E-state index in [1.807, 2.05) is 6.07 Å². The largest absolute Gasteiger partial charge is 0.450 e. The first-order chi connectivity index (χ1) is 12.5. The molecule has 1 fully saturated rings. The Balaban J connectivity index is 1.45. The molecule has 7 heteroatoms. The summed E-state index contributed by atoms with van der Waals surface area (Å²) in [5.41, 5.74) is 0.560. The molecule has 0 spiro atoms. The van der Waals surface area contributed by atoms with Crippen molar-refractivity contribution in [3.8, 4) is 0 Å². The molecule has 1 heterocycles. The molecule has 1 saturated carbocycles. The molecule has 1 aliphatic carbocycles. The van der Waals surface area contributed by atoms with Gasteiger partial charge in [-0.1, -0.05) is 38.0 Å². The number of nitrogens with one attached hydrogen (secondary N) is 2. The van der Waals surface area contributed by atoms with Gasteiger partial charge in [-0.2, -0.15) is 0 Å². The van der Waals surface area contributed by atoms with E-state index in [9.17, 15) is 14.4 Å². The number of urea groups is 1. The Labute approximate surface area is 151 Å². The Morgan fingerprint density at radius 3 is 2.73 bits per heavy atom. The van der Waals surface area contributed by atoms with E-state index in [2.05, 4.69) is 17.6 Å². The van der Waals surface area contributed by atoms with Crippen LogP contribution in [0.5, 0.6) is 0 Å². The molecule has 0 aliphatic heterocycles. The topological polar surface area (TPSA) is 97.6 Å². The minimum Gasteiger partial charge on any atom is -0.450 e. The Morgan fingerprint density at radius 1 is 1.19 bits per heavy atom. The lowest BCUT2D eigenvalue weighted by atomic mass is 9.86. The second kappa shape index (κ2) is 8.03. The number of hydrogen-bond acceptors (Lipinski definition) is 5. The highest BCUT2D eigenvalue weighted by molar-refractivity contribution is 5.97. The van der Waals surface area contributed by atoms with Crippen LogP contribution in [0.25, 0.3) is 11.0 Å². The van der Waals surface area contributed by atoms with Crippen molar-refractivity contribution in [2.75, 3.05) is 6.61 Å². The molecular formula is C19H22N2O5. The zero-order chi connectivity index (χ0) is 18.5. The number of esters is 1. The first kappa shape index (κ1) is 18.0. The zero-order valence-corrected chi connectivity index (χ0v) is 14.6. The molecule has 3 rings (SSSR count). The van der Waals surface area contributed by atoms with Gasteiger partial charge in [0.25, 0.3) is 5.91 Å². The van der Waals surface area contributed by atoms with Gasteiger partial charge in [-0.3, -0.25) is 10.1 Å². The van der Waals surface area contributed by atoms with Crippen molar-refractivity contribution >= 4 is 28.9 Å². The first-order valence-corrected chi connectivity index (χ1v) is 8.79. The van der Waals surface area contributed by atoms with Gasteiger partial charge in [-0.15, -0.1) is 0 Å². The summed E-state index contributed by atoms with van der Waals surface area (Å²) in [4.78, 5) is 35.7. The van der Waals surface area contributed by atoms with Crippen LogP contribution in [0.3, 0.4) is 0 Å². The molecule has 1 aromatic heterocycles. The minimum atomic E-state index is -0.752. The number of para-hydroxylation sites is 1. The fraction of sp³-hybridized carbons (Fsp3) is 0.421. The third-order valence-corrected chi connectivity index (χ3v) is 4.64. The van der Waals surface area contributed by atoms with Crippen LogP contribution >= 0.6 is 0 Å². The SMILES string of the molecule is C[C@@H]1CCCC[C@@H]1NC(=O)NC(=O)COC(=O)c1cc2ccccc2o1. The molecule has 2 N–H and O–H groups in total. The van der Waals surface area contributed by atoms with Gasteiger partial charge in [0.15, 0.2) is 6.61 Å². The van der Waals surface area contributed by atoms with Crippen LogP contribution in [0.1, 0.15) is 43.2 Å². The van der Waals surface area contributed by atoms with Crippen LogP contribution in [0.2, 0.25) is 0 Å². The molecule has 2 aromatic rings. The lowest BCUT2D eigenvalue weighted by Crippen LogP contribution is -2.48. The van der Waals surface area contributed by atoms with Crippen molar-refractivity contribution in [2.24, 2.45) is 5.92 Å². The average Bonchev–Trinajstić information content (AvgIpc) is 3.06. The number of ether oxygens (including phenoxy) is 1. The predicted molar refractivity (Wildman–Crippen MR) is 94.6 cm³/mol. The molecular weight excluding hydrogens is 336 g/mol. The third-order valence-electron chi connectivity index (χ3n) is 4.64. The monoisotopic (exact) mass is 358 g/mol. The fourth-order valence-corrected chi connectivity index (χ4v) is 3.18. The van der Waals surface area contributed by atoms with Gasteiger partial charge in [-0.25, -0.2) is 9.59 Å². The van der Waals surface area contributed by atoms with Crippen molar-refractivity contribution in [2.45, 2.75) is 38.6 Å². The van der Waals surface area contributed by atoms with Crippen molar-refractivity contribution in [1.82, 2.24) is 10.6 Å². The predicted octanol–water partition coefficient (Wildman–Crippen LogP) is 2.99. The highest BCUT2D eigenvalue weighted by atomic mass is 16.5. The molecule has 2 atom stereocenters. The van der Waals surface area contributed by atoms with Gasteiger partial charge in [-0.05, 0) is 30.9 Å². The molecule has 7 nitrogen and oxygen atoms in total. The van der Waals surface area contributed by atoms with Crippen molar-refractivity contribution in [3.05, 3.63) is 36.1 Å². The number of hydrogen-bond donors (Lipinski definition) is 2. The molecule has 138 valence electrons. The van der Waals surface area contributed by atoms with E-state index in [1.165, 1.54) is 0 Å². The summed E-state index contributed by atoms with van der Waals surface area (Å²) in [5, 5.41) is 5.76. The maximum atomic E-state index is 12.0. The van der Waals surface area contributed by atoms with Gasteiger partial charge in [0, 0.05) is 11.4 Å². The Morgan fingerprint density at radius 2 is 1.96 bits per heavy atom. The van der Waals surface area contributed by atoms with E-state index in [0.717, 1.165) is 31.1 Å². The third kappa shape index (κ3) is 4.41. The molecule has 0 unspecified atom stereocenters. The summed E-state index contributed by atoms with van der Waals surface area (Å²) < 4.78 is 10.3. The van der Waals surface area contributed by atoms with Gasteiger partial charge in [0.2, 0.25) is 5.76 Å². The van der Waals surface area contributed by atoms with Gasteiger partial charge < -0.3 is 14.5 Å². The van der Waals surface area contributed by atoms with Crippen molar-refractivity contribution < 1.29 is 23.5 Å². The highest BCUT2D eigenvalue weighted by Crippen LogP contribution is 2.23. The summed E-state index contributed by atoms with van der Waals surface area (Å²) in [5.74, 6) is -1.04. The summed E-state index contributed by atoms with van der Waals surface area (Å²) in [6, 6.07) is 8.20. The van der Waals surface area contributed by atoms with E-state index >= 15 is 0 Å². The molecule has 0 radical (unpaired) electrons. The van der Waals surface area contributed by atoms with Crippen LogP contribution in [-0.2, 0) is 9.53 Å². The molecule has 1 aromatic carbocycles. The van der Waals surface area contributed by atoms with Gasteiger partial charge in [0.05, 0.1) is 0 Å². The summed E-state index contributed by atoms with van der Waals surface area (Å²) in [6.45, 7) is 1.53. The van der Waals surface area contributed by atoms with Crippen molar-refractivity contribution in [1.29, 1.82) is 0 Å². The number of furan rings is 1. The second-order valence-corrected chi connectivity index (χ2v) is 6.61. The van der Waals surface area contributed by atoms with E-state index in [1.54, 1.807) is 24.3 Å². The van der Waals surface area contributed by atoms with Crippen LogP contribution in [-0.4, -0.2) is 30.6 Å². The number of amides is 3. The Kier molecular flexibility index (Phi) is 5.55. The number of imide groups is 1. The Bertz CT molecular complexity index is 780. The number of carbonyl (C=O) groups excluding carboxylic acids is 3. The average molecular weight is 358 g/mol. The number of rotatable bonds is 4. The van der Waals surface area contributed by atoms with E-state index in [4.69, 9.17) is 9.15 Å². The molecule has 0 bridgehead atoms. The van der Waals surface area contributed by atoms with E-state index < -0.39 is 24.5 Å². The van der Waals surface area contributed by atoms with Gasteiger partial charge >= 0.3 is 12.0 Å². The van der Waals surface area contributed by atoms with E-state index in [-0.39, 0.29) is 11.8 Å². The Hall–Kier alpha value is -2.83. The summed E-state index contributed by atoms with van der Waals surface area (Å²) in [6.07, 6.45) is 4.20. The van der Waals surface area contributed by atoms with E-state index in [0.29, 0.717) is 11.5 Å². The van der Waals surface area contributed by atoms with Crippen LogP contribution in [0, 0.1) is 5.92 Å². The maximum Gasteiger partial charge on any atom is 0.374 e. The lowest BCUT2D eigenvalue weighted by Gasteiger charge is -2.29. The smallest absolute Gasteiger partial charge is 0.374 e. The number of carbonyl (C=O) groups is 3. The molecule has 26 heavy (non-hydrogen) atoms. The standard InChI is InChI=1S/C19H22N2O5/c1-12-6-2-4-8-14(12)20-19(24)21-17(22)11-25-18(23)16-10-13-7-3-5-9-15(13)26-16/h3,5,7,9-10,12,14H,2,4,6,8,11H2,1H3,(H2,20,21,22,24)/t12-,14+/m1/s1. The fourth-order valence-electron chi connectivity index (χ4n) is 3.18. The first-order valence-electron chi connectivity index (χ1n) is 8.79. The van der Waals surface area contributed by atoms with Crippen LogP contribution < -0.4 is 10.6 Å². The summed E-state index contributed by atoms with van der Waals surface area (Å²) >= 11 is 0. The summed E-state index contributed by atoms with van der Waals surface area (Å²) in [7, 11) is 0. The maximum absolute atomic E-state index is 12.0. The van der Waals surface area contributed by atoms with Crippen LogP contribution in [0.15, 0.2) is 34.7 Å². The highest BCUT2D eigenvalue weighted by Gasteiger charge is 2.23. The minimum absolute atomic E-state index is 0.0134. The molecule has 3 amide bonds. The van der Waals surface area contributed by atoms with Crippen molar-refractivity contribution in [3.63, 3.8) is 0 Å². The zero-order valence-electron chi connectivity index (χ0n) is 14.6. The van der Waals surface area contributed by atoms with Crippen LogP contribution in [0.4, 0.5) is 4.79 Å². The van der Waals surface area contributed by atoms with Gasteiger partial charge in [0.1, 0.15) is 5.58 Å². The second-order valence-electron chi connectivity index (χ2n) is 6.61. The molecule has 1 aliphatic rings. The lowest BCUT2D eigenvalue weighted by molar-refractivity contribution is -0.123. The number of benzene rings is 1. The number of fused-ring (bicyclic) bond motifs is 1. The normalized spacial score (nSPS) is 19.7.